The Bertz CT molecular complexity index is 1040. The van der Waals surface area contributed by atoms with Crippen molar-refractivity contribution in [3.63, 3.8) is 0 Å². The number of carbonyl (C=O) groups excluding carboxylic acids is 1. The lowest BCUT2D eigenvalue weighted by molar-refractivity contribution is -0.135. The molecule has 0 spiro atoms. The van der Waals surface area contributed by atoms with Crippen molar-refractivity contribution in [1.82, 2.24) is 9.21 Å². The van der Waals surface area contributed by atoms with Crippen molar-refractivity contribution in [1.29, 1.82) is 0 Å². The molecule has 0 N–H and O–H groups in total. The molecule has 174 valence electrons. The number of aryl methyl sites for hydroxylation is 3. The van der Waals surface area contributed by atoms with Gasteiger partial charge in [-0.1, -0.05) is 24.3 Å². The molecular weight excluding hydrogens is 424 g/mol. The van der Waals surface area contributed by atoms with E-state index in [9.17, 15) is 13.2 Å². The molecule has 0 atom stereocenters. The van der Waals surface area contributed by atoms with Crippen LogP contribution in [0.5, 0.6) is 5.75 Å². The molecule has 3 rings (SSSR count). The Balaban J connectivity index is 1.47. The largest absolute Gasteiger partial charge is 0.493 e. The zero-order chi connectivity index (χ0) is 23.3. The predicted molar refractivity (Wildman–Crippen MR) is 126 cm³/mol. The van der Waals surface area contributed by atoms with Crippen LogP contribution < -0.4 is 4.74 Å². The molecule has 32 heavy (non-hydrogen) atoms. The summed E-state index contributed by atoms with van der Waals surface area (Å²) < 4.78 is 33.3. The molecule has 0 bridgehead atoms. The molecule has 7 heteroatoms. The smallest absolute Gasteiger partial charge is 0.243 e. The van der Waals surface area contributed by atoms with Crippen LogP contribution in [-0.2, 0) is 14.8 Å². The second-order valence-electron chi connectivity index (χ2n) is 8.65. The SMILES string of the molecule is Cc1ccc(S(=O)(=O)N2CCC(C(=O)N(C)CCCOc3ccccc3C)CC2)cc1C. The van der Waals surface area contributed by atoms with Gasteiger partial charge in [-0.15, -0.1) is 0 Å². The highest BCUT2D eigenvalue weighted by molar-refractivity contribution is 7.89. The van der Waals surface area contributed by atoms with Crippen LogP contribution in [-0.4, -0.2) is 56.8 Å². The van der Waals surface area contributed by atoms with Crippen LogP contribution in [0.4, 0.5) is 0 Å². The van der Waals surface area contributed by atoms with Gasteiger partial charge in [-0.3, -0.25) is 4.79 Å². The second-order valence-corrected chi connectivity index (χ2v) is 10.6. The first-order valence-electron chi connectivity index (χ1n) is 11.2. The number of piperidine rings is 1. The van der Waals surface area contributed by atoms with Crippen molar-refractivity contribution < 1.29 is 17.9 Å². The maximum atomic E-state index is 13.0. The highest BCUT2D eigenvalue weighted by Crippen LogP contribution is 2.26. The summed E-state index contributed by atoms with van der Waals surface area (Å²) in [7, 11) is -1.71. The van der Waals surface area contributed by atoms with Gasteiger partial charge in [0.15, 0.2) is 0 Å². The summed E-state index contributed by atoms with van der Waals surface area (Å²) in [6, 6.07) is 13.1. The molecule has 0 radical (unpaired) electrons. The van der Waals surface area contributed by atoms with Crippen LogP contribution in [0.1, 0.15) is 36.0 Å². The average Bonchev–Trinajstić information content (AvgIpc) is 2.79. The third-order valence-corrected chi connectivity index (χ3v) is 8.18. The molecule has 2 aromatic rings. The van der Waals surface area contributed by atoms with Crippen molar-refractivity contribution in [2.45, 2.75) is 44.9 Å². The van der Waals surface area contributed by atoms with Crippen molar-refractivity contribution >= 4 is 15.9 Å². The molecule has 1 heterocycles. The number of nitrogens with zero attached hydrogens (tertiary/aromatic N) is 2. The summed E-state index contributed by atoms with van der Waals surface area (Å²) in [4.78, 5) is 14.9. The van der Waals surface area contributed by atoms with Crippen LogP contribution in [0.25, 0.3) is 0 Å². The zero-order valence-electron chi connectivity index (χ0n) is 19.5. The fourth-order valence-corrected chi connectivity index (χ4v) is 5.55. The normalized spacial score (nSPS) is 15.5. The minimum Gasteiger partial charge on any atom is -0.493 e. The molecule has 0 aromatic heterocycles. The summed E-state index contributed by atoms with van der Waals surface area (Å²) in [5, 5.41) is 0. The number of rotatable bonds is 8. The standard InChI is InChI=1S/C25H34N2O4S/c1-19-10-11-23(18-21(19)3)32(29,30)27-15-12-22(13-16-27)25(28)26(4)14-7-17-31-24-9-6-5-8-20(24)2/h5-6,8-11,18,22H,7,12-17H2,1-4H3. The molecule has 1 amide bonds. The van der Waals surface area contributed by atoms with Gasteiger partial charge in [0, 0.05) is 32.6 Å². The first-order chi connectivity index (χ1) is 15.2. The molecule has 6 nitrogen and oxygen atoms in total. The maximum Gasteiger partial charge on any atom is 0.243 e. The van der Waals surface area contributed by atoms with Gasteiger partial charge < -0.3 is 9.64 Å². The maximum absolute atomic E-state index is 13.0. The molecule has 1 aliphatic rings. The summed E-state index contributed by atoms with van der Waals surface area (Å²) >= 11 is 0. The Kier molecular flexibility index (Phi) is 7.96. The monoisotopic (exact) mass is 458 g/mol. The lowest BCUT2D eigenvalue weighted by atomic mass is 9.96. The Hall–Kier alpha value is -2.38. The van der Waals surface area contributed by atoms with E-state index in [-0.39, 0.29) is 11.8 Å². The molecule has 1 aliphatic heterocycles. The second kappa shape index (κ2) is 10.5. The van der Waals surface area contributed by atoms with Gasteiger partial charge in [0.2, 0.25) is 15.9 Å². The molecule has 0 aliphatic carbocycles. The van der Waals surface area contributed by atoms with E-state index >= 15 is 0 Å². The third kappa shape index (κ3) is 5.70. The topological polar surface area (TPSA) is 66.9 Å². The summed E-state index contributed by atoms with van der Waals surface area (Å²) in [6.45, 7) is 7.81. The summed E-state index contributed by atoms with van der Waals surface area (Å²) in [5.74, 6) is 0.825. The highest BCUT2D eigenvalue weighted by Gasteiger charge is 2.33. The van der Waals surface area contributed by atoms with Crippen molar-refractivity contribution in [3.8, 4) is 5.75 Å². The molecular formula is C25H34N2O4S. The van der Waals surface area contributed by atoms with Gasteiger partial charge >= 0.3 is 0 Å². The Morgan fingerprint density at radius 2 is 1.72 bits per heavy atom. The molecule has 0 unspecified atom stereocenters. The van der Waals surface area contributed by atoms with E-state index in [0.717, 1.165) is 28.9 Å². The van der Waals surface area contributed by atoms with E-state index in [2.05, 4.69) is 0 Å². The molecule has 2 aromatic carbocycles. The Morgan fingerprint density at radius 3 is 2.38 bits per heavy atom. The van der Waals surface area contributed by atoms with Gasteiger partial charge in [-0.25, -0.2) is 8.42 Å². The van der Waals surface area contributed by atoms with E-state index in [4.69, 9.17) is 4.74 Å². The summed E-state index contributed by atoms with van der Waals surface area (Å²) in [6.07, 6.45) is 1.84. The van der Waals surface area contributed by atoms with Crippen LogP contribution in [0.3, 0.4) is 0 Å². The highest BCUT2D eigenvalue weighted by atomic mass is 32.2. The van der Waals surface area contributed by atoms with Crippen LogP contribution in [0.2, 0.25) is 0 Å². The lowest BCUT2D eigenvalue weighted by Crippen LogP contribution is -2.43. The van der Waals surface area contributed by atoms with Gasteiger partial charge in [0.05, 0.1) is 11.5 Å². The van der Waals surface area contributed by atoms with Crippen molar-refractivity contribution in [2.24, 2.45) is 5.92 Å². The number of sulfonamides is 1. The minimum atomic E-state index is -3.53. The third-order valence-electron chi connectivity index (χ3n) is 6.28. The summed E-state index contributed by atoms with van der Waals surface area (Å²) in [5.41, 5.74) is 3.13. The van der Waals surface area contributed by atoms with Gasteiger partial charge in [0.1, 0.15) is 5.75 Å². The fourth-order valence-electron chi connectivity index (χ4n) is 3.99. The Morgan fingerprint density at radius 1 is 1.03 bits per heavy atom. The van der Waals surface area contributed by atoms with Crippen molar-refractivity contribution in [3.05, 3.63) is 59.2 Å². The number of hydrogen-bond acceptors (Lipinski definition) is 4. The van der Waals surface area contributed by atoms with E-state index < -0.39 is 10.0 Å². The number of carbonyl (C=O) groups is 1. The first kappa shape index (κ1) is 24.3. The number of benzene rings is 2. The first-order valence-corrected chi connectivity index (χ1v) is 12.6. The van der Waals surface area contributed by atoms with E-state index in [1.54, 1.807) is 17.0 Å². The van der Waals surface area contributed by atoms with Crippen molar-refractivity contribution in [2.75, 3.05) is 33.3 Å². The average molecular weight is 459 g/mol. The number of amides is 1. The number of ether oxygens (including phenoxy) is 1. The van der Waals surface area contributed by atoms with E-state index in [0.29, 0.717) is 44.0 Å². The van der Waals surface area contributed by atoms with Crippen LogP contribution >= 0.6 is 0 Å². The zero-order valence-corrected chi connectivity index (χ0v) is 20.3. The molecule has 1 fully saturated rings. The van der Waals surface area contributed by atoms with E-state index in [1.165, 1.54) is 4.31 Å². The minimum absolute atomic E-state index is 0.0871. The van der Waals surface area contributed by atoms with Gasteiger partial charge in [-0.2, -0.15) is 4.31 Å². The quantitative estimate of drug-likeness (QED) is 0.562. The van der Waals surface area contributed by atoms with Crippen LogP contribution in [0.15, 0.2) is 47.4 Å². The van der Waals surface area contributed by atoms with E-state index in [1.807, 2.05) is 58.2 Å². The number of hydrogen-bond donors (Lipinski definition) is 0. The Labute approximate surface area is 192 Å². The van der Waals surface area contributed by atoms with Gasteiger partial charge in [-0.05, 0) is 74.9 Å². The van der Waals surface area contributed by atoms with Gasteiger partial charge in [0.25, 0.3) is 0 Å². The fraction of sp³-hybridized carbons (Fsp3) is 0.480. The number of para-hydroxylation sites is 1. The molecule has 1 saturated heterocycles. The predicted octanol–water partition coefficient (Wildman–Crippen LogP) is 3.94. The molecule has 0 saturated carbocycles. The van der Waals surface area contributed by atoms with Crippen LogP contribution in [0, 0.1) is 26.7 Å². The lowest BCUT2D eigenvalue weighted by Gasteiger charge is -2.32.